The van der Waals surface area contributed by atoms with Crippen molar-refractivity contribution < 1.29 is 0 Å². The summed E-state index contributed by atoms with van der Waals surface area (Å²) in [7, 11) is 3.66. The first-order valence-corrected chi connectivity index (χ1v) is 6.74. The molecular weight excluding hydrogens is 240 g/mol. The van der Waals surface area contributed by atoms with E-state index in [1.54, 1.807) is 19.4 Å². The highest BCUT2D eigenvalue weighted by Crippen LogP contribution is 2.19. The number of piperidine rings is 1. The van der Waals surface area contributed by atoms with E-state index in [9.17, 15) is 0 Å². The molecule has 0 saturated carbocycles. The fourth-order valence-corrected chi connectivity index (χ4v) is 2.39. The molecule has 1 saturated heterocycles. The number of hydrogen-bond donors (Lipinski definition) is 2. The normalized spacial score (nSPS) is 20.2. The Balaban J connectivity index is 1.87. The fourth-order valence-electron chi connectivity index (χ4n) is 2.39. The van der Waals surface area contributed by atoms with Crippen molar-refractivity contribution in [3.8, 4) is 0 Å². The molecule has 6 nitrogen and oxygen atoms in total. The first-order valence-electron chi connectivity index (χ1n) is 6.74. The van der Waals surface area contributed by atoms with Gasteiger partial charge in [0.2, 0.25) is 5.95 Å². The standard InChI is InChI=1S/C13H22N6/c1-14-12(15-2)18-9-11-5-3-8-19(10-11)13-16-6-4-7-17-13/h4,6-7,11H,3,5,8-10H2,1-2H3,(H2,14,15,18). The molecule has 0 bridgehead atoms. The molecule has 2 N–H and O–H groups in total. The average Bonchev–Trinajstić information content (AvgIpc) is 2.49. The van der Waals surface area contributed by atoms with E-state index < -0.39 is 0 Å². The van der Waals surface area contributed by atoms with Gasteiger partial charge in [-0.25, -0.2) is 9.97 Å². The summed E-state index contributed by atoms with van der Waals surface area (Å²) >= 11 is 0. The van der Waals surface area contributed by atoms with Crippen LogP contribution in [-0.2, 0) is 0 Å². The van der Waals surface area contributed by atoms with Crippen molar-refractivity contribution in [1.82, 2.24) is 20.6 Å². The first kappa shape index (κ1) is 13.6. The number of anilines is 1. The van der Waals surface area contributed by atoms with Crippen LogP contribution >= 0.6 is 0 Å². The maximum Gasteiger partial charge on any atom is 0.225 e. The maximum atomic E-state index is 4.32. The van der Waals surface area contributed by atoms with Crippen LogP contribution in [0.5, 0.6) is 0 Å². The summed E-state index contributed by atoms with van der Waals surface area (Å²) in [6.45, 7) is 2.97. The molecule has 0 aromatic carbocycles. The summed E-state index contributed by atoms with van der Waals surface area (Å²) in [6, 6.07) is 1.85. The van der Waals surface area contributed by atoms with E-state index in [1.165, 1.54) is 12.8 Å². The zero-order chi connectivity index (χ0) is 13.5. The lowest BCUT2D eigenvalue weighted by Crippen LogP contribution is -2.44. The number of guanidine groups is 1. The van der Waals surface area contributed by atoms with E-state index in [-0.39, 0.29) is 0 Å². The zero-order valence-corrected chi connectivity index (χ0v) is 11.6. The highest BCUT2D eigenvalue weighted by Gasteiger charge is 2.21. The van der Waals surface area contributed by atoms with Crippen LogP contribution in [0.4, 0.5) is 5.95 Å². The van der Waals surface area contributed by atoms with Crippen LogP contribution in [0.15, 0.2) is 23.5 Å². The van der Waals surface area contributed by atoms with Crippen LogP contribution in [0, 0.1) is 5.92 Å². The van der Waals surface area contributed by atoms with Gasteiger partial charge in [0.1, 0.15) is 0 Å². The number of aliphatic imine (C=N–C) groups is 1. The van der Waals surface area contributed by atoms with Crippen LogP contribution in [0.2, 0.25) is 0 Å². The number of rotatable bonds is 3. The van der Waals surface area contributed by atoms with Crippen molar-refractivity contribution in [2.24, 2.45) is 10.9 Å². The van der Waals surface area contributed by atoms with E-state index in [0.717, 1.165) is 31.5 Å². The number of aromatic nitrogens is 2. The van der Waals surface area contributed by atoms with E-state index in [2.05, 4.69) is 30.5 Å². The molecule has 104 valence electrons. The Morgan fingerprint density at radius 3 is 2.95 bits per heavy atom. The van der Waals surface area contributed by atoms with Gasteiger partial charge < -0.3 is 15.5 Å². The van der Waals surface area contributed by atoms with Gasteiger partial charge in [-0.1, -0.05) is 0 Å². The summed E-state index contributed by atoms with van der Waals surface area (Å²) < 4.78 is 0. The lowest BCUT2D eigenvalue weighted by molar-refractivity contribution is 0.407. The van der Waals surface area contributed by atoms with Gasteiger partial charge in [-0.05, 0) is 24.8 Å². The molecule has 1 atom stereocenters. The molecule has 1 aromatic rings. The quantitative estimate of drug-likeness (QED) is 0.613. The van der Waals surface area contributed by atoms with Crippen molar-refractivity contribution in [2.45, 2.75) is 12.8 Å². The number of nitrogens with one attached hydrogen (secondary N) is 2. The van der Waals surface area contributed by atoms with Gasteiger partial charge in [0, 0.05) is 46.1 Å². The van der Waals surface area contributed by atoms with Crippen LogP contribution in [0.1, 0.15) is 12.8 Å². The van der Waals surface area contributed by atoms with Crippen LogP contribution in [0.3, 0.4) is 0 Å². The topological polar surface area (TPSA) is 65.4 Å². The second-order valence-electron chi connectivity index (χ2n) is 4.71. The Bertz CT molecular complexity index is 405. The van der Waals surface area contributed by atoms with E-state index in [4.69, 9.17) is 0 Å². The van der Waals surface area contributed by atoms with E-state index in [1.807, 2.05) is 13.1 Å². The fraction of sp³-hybridized carbons (Fsp3) is 0.615. The third-order valence-corrected chi connectivity index (χ3v) is 3.37. The highest BCUT2D eigenvalue weighted by atomic mass is 15.3. The first-order chi connectivity index (χ1) is 9.33. The van der Waals surface area contributed by atoms with Crippen molar-refractivity contribution in [3.05, 3.63) is 18.5 Å². The third kappa shape index (κ3) is 3.81. The van der Waals surface area contributed by atoms with Gasteiger partial charge in [-0.15, -0.1) is 0 Å². The minimum absolute atomic E-state index is 0.600. The maximum absolute atomic E-state index is 4.32. The summed E-state index contributed by atoms with van der Waals surface area (Å²) in [4.78, 5) is 15.0. The van der Waals surface area contributed by atoms with Crippen LogP contribution in [0.25, 0.3) is 0 Å². The Hall–Kier alpha value is -1.85. The van der Waals surface area contributed by atoms with Crippen molar-refractivity contribution in [3.63, 3.8) is 0 Å². The van der Waals surface area contributed by atoms with Gasteiger partial charge >= 0.3 is 0 Å². The molecule has 2 heterocycles. The zero-order valence-electron chi connectivity index (χ0n) is 11.6. The third-order valence-electron chi connectivity index (χ3n) is 3.37. The molecule has 0 amide bonds. The summed E-state index contributed by atoms with van der Waals surface area (Å²) in [5.41, 5.74) is 0. The molecule has 1 fully saturated rings. The molecular formula is C13H22N6. The predicted molar refractivity (Wildman–Crippen MR) is 77.4 cm³/mol. The van der Waals surface area contributed by atoms with Gasteiger partial charge in [0.25, 0.3) is 0 Å². The number of nitrogens with zero attached hydrogens (tertiary/aromatic N) is 4. The van der Waals surface area contributed by atoms with Gasteiger partial charge in [0.05, 0.1) is 0 Å². The van der Waals surface area contributed by atoms with Gasteiger partial charge in [0.15, 0.2) is 5.96 Å². The lowest BCUT2D eigenvalue weighted by atomic mass is 9.98. The summed E-state index contributed by atoms with van der Waals surface area (Å²) in [6.07, 6.45) is 6.01. The molecule has 1 aliphatic heterocycles. The van der Waals surface area contributed by atoms with Crippen molar-refractivity contribution in [1.29, 1.82) is 0 Å². The van der Waals surface area contributed by atoms with E-state index in [0.29, 0.717) is 5.92 Å². The summed E-state index contributed by atoms with van der Waals surface area (Å²) in [5, 5.41) is 6.37. The molecule has 6 heteroatoms. The molecule has 1 aromatic heterocycles. The van der Waals surface area contributed by atoms with Crippen molar-refractivity contribution >= 4 is 11.9 Å². The average molecular weight is 262 g/mol. The lowest BCUT2D eigenvalue weighted by Gasteiger charge is -2.32. The Kier molecular flexibility index (Phi) is 4.94. The second kappa shape index (κ2) is 6.92. The minimum atomic E-state index is 0.600. The minimum Gasteiger partial charge on any atom is -0.359 e. The van der Waals surface area contributed by atoms with Crippen LogP contribution in [-0.4, -0.2) is 49.7 Å². The Labute approximate surface area is 114 Å². The Morgan fingerprint density at radius 1 is 1.47 bits per heavy atom. The van der Waals surface area contributed by atoms with Gasteiger partial charge in [-0.3, -0.25) is 4.99 Å². The molecule has 2 rings (SSSR count). The molecule has 1 unspecified atom stereocenters. The van der Waals surface area contributed by atoms with E-state index >= 15 is 0 Å². The smallest absolute Gasteiger partial charge is 0.225 e. The predicted octanol–water partition coefficient (Wildman–Crippen LogP) is 0.488. The SMILES string of the molecule is CN=C(NC)NCC1CCCN(c2ncccn2)C1. The molecule has 0 radical (unpaired) electrons. The molecule has 0 aliphatic carbocycles. The molecule has 1 aliphatic rings. The monoisotopic (exact) mass is 262 g/mol. The number of hydrogen-bond acceptors (Lipinski definition) is 4. The molecule has 0 spiro atoms. The summed E-state index contributed by atoms with van der Waals surface area (Å²) in [5.74, 6) is 2.28. The van der Waals surface area contributed by atoms with Crippen LogP contribution < -0.4 is 15.5 Å². The van der Waals surface area contributed by atoms with Crippen molar-refractivity contribution in [2.75, 3.05) is 38.6 Å². The van der Waals surface area contributed by atoms with Gasteiger partial charge in [-0.2, -0.15) is 0 Å². The second-order valence-corrected chi connectivity index (χ2v) is 4.71. The molecule has 19 heavy (non-hydrogen) atoms. The Morgan fingerprint density at radius 2 is 2.26 bits per heavy atom. The largest absolute Gasteiger partial charge is 0.359 e. The highest BCUT2D eigenvalue weighted by molar-refractivity contribution is 5.79.